The van der Waals surface area contributed by atoms with E-state index in [1.54, 1.807) is 0 Å². The van der Waals surface area contributed by atoms with Gasteiger partial charge in [0.25, 0.3) is 0 Å². The monoisotopic (exact) mass is 658 g/mol. The molecule has 3 saturated heterocycles. The van der Waals surface area contributed by atoms with Gasteiger partial charge in [-0.15, -0.1) is 0 Å². The minimum absolute atomic E-state index is 0.125. The summed E-state index contributed by atoms with van der Waals surface area (Å²) >= 11 is 0. The van der Waals surface area contributed by atoms with Crippen molar-refractivity contribution in [2.75, 3.05) is 26.9 Å². The molecule has 0 aromatic carbocycles. The Labute approximate surface area is 261 Å². The zero-order chi connectivity index (χ0) is 33.3. The summed E-state index contributed by atoms with van der Waals surface area (Å²) in [5.74, 6) is -0.251. The van der Waals surface area contributed by atoms with E-state index in [4.69, 9.17) is 28.4 Å². The molecule has 0 radical (unpaired) electrons. The maximum atomic E-state index is 11.2. The molecule has 0 aromatic rings. The lowest BCUT2D eigenvalue weighted by Gasteiger charge is -2.48. The van der Waals surface area contributed by atoms with Crippen molar-refractivity contribution in [3.05, 3.63) is 0 Å². The highest BCUT2D eigenvalue weighted by Crippen LogP contribution is 2.33. The Morgan fingerprint density at radius 1 is 0.600 bits per heavy atom. The van der Waals surface area contributed by atoms with Gasteiger partial charge in [-0.05, 0) is 19.8 Å². The SMILES string of the molecule is COC(=O)CCCCCCCCO[C@@H]1O[C@H](CO)[C@H](O)[C@H](O[C@H]2O[C@H](CO)[C@H](O)[C@H](O)[C@H]2O)[C@H]1O[C@H]1O[C@H](C)[C@H](O)[C@H](O)[C@H]1O. The quantitative estimate of drug-likeness (QED) is 0.0572. The van der Waals surface area contributed by atoms with Gasteiger partial charge >= 0.3 is 5.97 Å². The van der Waals surface area contributed by atoms with Crippen LogP contribution in [0.5, 0.6) is 0 Å². The molecule has 17 heteroatoms. The number of aliphatic hydroxyl groups is 9. The van der Waals surface area contributed by atoms with E-state index in [0.717, 1.165) is 32.1 Å². The van der Waals surface area contributed by atoms with Gasteiger partial charge in [-0.25, -0.2) is 0 Å². The molecule has 9 N–H and O–H groups in total. The van der Waals surface area contributed by atoms with Crippen LogP contribution in [0.1, 0.15) is 51.9 Å². The number of aliphatic hydroxyl groups excluding tert-OH is 9. The second kappa shape index (κ2) is 18.4. The number of hydrogen-bond acceptors (Lipinski definition) is 17. The molecule has 0 amide bonds. The molecule has 0 aromatic heterocycles. The number of methoxy groups -OCH3 is 1. The summed E-state index contributed by atoms with van der Waals surface area (Å²) in [6.45, 7) is 0.130. The van der Waals surface area contributed by atoms with Gasteiger partial charge in [0, 0.05) is 13.0 Å². The van der Waals surface area contributed by atoms with Gasteiger partial charge in [-0.2, -0.15) is 0 Å². The minimum atomic E-state index is -1.84. The van der Waals surface area contributed by atoms with Crippen LogP contribution in [0.25, 0.3) is 0 Å². The first kappa shape index (κ1) is 38.3. The number of carbonyl (C=O) groups is 1. The Kier molecular flexibility index (Phi) is 15.7. The Morgan fingerprint density at radius 3 is 1.73 bits per heavy atom. The maximum Gasteiger partial charge on any atom is 0.305 e. The minimum Gasteiger partial charge on any atom is -0.469 e. The molecular weight excluding hydrogens is 608 g/mol. The molecule has 15 atom stereocenters. The van der Waals surface area contributed by atoms with E-state index >= 15 is 0 Å². The summed E-state index contributed by atoms with van der Waals surface area (Å²) in [7, 11) is 1.35. The zero-order valence-corrected chi connectivity index (χ0v) is 25.5. The fourth-order valence-corrected chi connectivity index (χ4v) is 5.47. The molecule has 45 heavy (non-hydrogen) atoms. The van der Waals surface area contributed by atoms with Crippen molar-refractivity contribution < 1.29 is 83.9 Å². The van der Waals surface area contributed by atoms with Crippen molar-refractivity contribution in [2.45, 2.75) is 144 Å². The van der Waals surface area contributed by atoms with Crippen LogP contribution in [0, 0.1) is 0 Å². The topological polar surface area (TPSA) is 264 Å². The van der Waals surface area contributed by atoms with Crippen LogP contribution < -0.4 is 0 Å². The van der Waals surface area contributed by atoms with Crippen LogP contribution in [0.4, 0.5) is 0 Å². The lowest BCUT2D eigenvalue weighted by atomic mass is 9.96. The second-order valence-corrected chi connectivity index (χ2v) is 11.6. The van der Waals surface area contributed by atoms with E-state index in [2.05, 4.69) is 4.74 Å². The average molecular weight is 659 g/mol. The standard InChI is InChI=1S/C28H50O17/c1-13-17(32)20(35)22(37)26(41-13)45-25-24(44-27-23(38)21(36)18(33)14(11-29)42-27)19(34)15(12-30)43-28(25)40-10-8-6-4-3-5-7-9-16(31)39-2/h13-15,17-30,32-38H,3-12H2,1-2H3/t13-,14-,15-,17+,18+,19+,20+,21+,22-,23-,24+,25-,26-,27-,28-/m1/s1. The van der Waals surface area contributed by atoms with Crippen molar-refractivity contribution in [1.82, 2.24) is 0 Å². The highest BCUT2D eigenvalue weighted by Gasteiger charge is 2.54. The largest absolute Gasteiger partial charge is 0.469 e. The Bertz CT molecular complexity index is 865. The molecule has 0 spiro atoms. The Balaban J connectivity index is 1.73. The lowest BCUT2D eigenvalue weighted by molar-refractivity contribution is -0.390. The number of carbonyl (C=O) groups excluding carboxylic acids is 1. The molecule has 0 aliphatic carbocycles. The summed E-state index contributed by atoms with van der Waals surface area (Å²) in [4.78, 5) is 11.2. The molecule has 3 aliphatic heterocycles. The van der Waals surface area contributed by atoms with Gasteiger partial charge in [-0.3, -0.25) is 4.79 Å². The smallest absolute Gasteiger partial charge is 0.305 e. The van der Waals surface area contributed by atoms with Crippen molar-refractivity contribution in [1.29, 1.82) is 0 Å². The van der Waals surface area contributed by atoms with E-state index in [1.165, 1.54) is 14.0 Å². The molecule has 3 aliphatic rings. The first-order valence-electron chi connectivity index (χ1n) is 15.4. The van der Waals surface area contributed by atoms with Crippen LogP contribution in [0.2, 0.25) is 0 Å². The zero-order valence-electron chi connectivity index (χ0n) is 25.5. The third kappa shape index (κ3) is 9.94. The first-order valence-corrected chi connectivity index (χ1v) is 15.4. The molecule has 0 unspecified atom stereocenters. The molecule has 0 bridgehead atoms. The van der Waals surface area contributed by atoms with Crippen LogP contribution >= 0.6 is 0 Å². The highest BCUT2D eigenvalue weighted by molar-refractivity contribution is 5.68. The number of ether oxygens (including phenoxy) is 7. The van der Waals surface area contributed by atoms with Gasteiger partial charge in [0.05, 0.1) is 26.4 Å². The third-order valence-electron chi connectivity index (χ3n) is 8.32. The molecule has 0 saturated carbocycles. The maximum absolute atomic E-state index is 11.2. The number of rotatable bonds is 16. The van der Waals surface area contributed by atoms with Gasteiger partial charge in [0.2, 0.25) is 0 Å². The Morgan fingerprint density at radius 2 is 1.11 bits per heavy atom. The van der Waals surface area contributed by atoms with E-state index in [9.17, 15) is 50.8 Å². The predicted molar refractivity (Wildman–Crippen MR) is 148 cm³/mol. The third-order valence-corrected chi connectivity index (χ3v) is 8.32. The molecule has 264 valence electrons. The second-order valence-electron chi connectivity index (χ2n) is 11.6. The predicted octanol–water partition coefficient (Wildman–Crippen LogP) is -3.62. The number of esters is 1. The van der Waals surface area contributed by atoms with Crippen molar-refractivity contribution in [3.8, 4) is 0 Å². The molecular formula is C28H50O17. The lowest BCUT2D eigenvalue weighted by Crippen LogP contribution is -2.67. The molecule has 3 heterocycles. The average Bonchev–Trinajstić information content (AvgIpc) is 3.03. The van der Waals surface area contributed by atoms with Crippen molar-refractivity contribution in [3.63, 3.8) is 0 Å². The Hall–Kier alpha value is -1.13. The van der Waals surface area contributed by atoms with E-state index < -0.39 is 105 Å². The van der Waals surface area contributed by atoms with E-state index in [1.807, 2.05) is 0 Å². The number of unbranched alkanes of at least 4 members (excludes halogenated alkanes) is 5. The van der Waals surface area contributed by atoms with Gasteiger partial charge in [-0.1, -0.05) is 25.7 Å². The number of hydrogen-bond donors (Lipinski definition) is 9. The van der Waals surface area contributed by atoms with Crippen LogP contribution in [0.15, 0.2) is 0 Å². The van der Waals surface area contributed by atoms with Crippen LogP contribution in [-0.4, -0.2) is 171 Å². The van der Waals surface area contributed by atoms with E-state index in [0.29, 0.717) is 12.8 Å². The van der Waals surface area contributed by atoms with Crippen molar-refractivity contribution >= 4 is 5.97 Å². The normalized spacial score (nSPS) is 42.4. The van der Waals surface area contributed by atoms with E-state index in [-0.39, 0.29) is 12.6 Å². The van der Waals surface area contributed by atoms with Crippen LogP contribution in [-0.2, 0) is 38.0 Å². The van der Waals surface area contributed by atoms with Crippen molar-refractivity contribution in [2.24, 2.45) is 0 Å². The summed E-state index contributed by atoms with van der Waals surface area (Å²) in [5.41, 5.74) is 0. The first-order chi connectivity index (χ1) is 21.4. The molecule has 17 nitrogen and oxygen atoms in total. The summed E-state index contributed by atoms with van der Waals surface area (Å²) in [6, 6.07) is 0. The fraction of sp³-hybridized carbons (Fsp3) is 0.964. The van der Waals surface area contributed by atoms with Crippen LogP contribution in [0.3, 0.4) is 0 Å². The summed E-state index contributed by atoms with van der Waals surface area (Å²) in [6.07, 6.45) is -18.1. The summed E-state index contributed by atoms with van der Waals surface area (Å²) in [5, 5.41) is 92.6. The fourth-order valence-electron chi connectivity index (χ4n) is 5.47. The van der Waals surface area contributed by atoms with Gasteiger partial charge in [0.15, 0.2) is 18.9 Å². The molecule has 3 rings (SSSR count). The summed E-state index contributed by atoms with van der Waals surface area (Å²) < 4.78 is 39.2. The van der Waals surface area contributed by atoms with Gasteiger partial charge in [0.1, 0.15) is 67.1 Å². The highest BCUT2D eigenvalue weighted by atomic mass is 16.8. The van der Waals surface area contributed by atoms with Gasteiger partial charge < -0.3 is 79.1 Å². The molecule has 3 fully saturated rings.